The highest BCUT2D eigenvalue weighted by Gasteiger charge is 2.59. The number of nitrogens with zero attached hydrogens (tertiary/aromatic N) is 3. The molecule has 2 aromatic rings. The van der Waals surface area contributed by atoms with Gasteiger partial charge in [-0.1, -0.05) is 36.8 Å². The van der Waals surface area contributed by atoms with Crippen molar-refractivity contribution in [2.45, 2.75) is 64.6 Å². The van der Waals surface area contributed by atoms with E-state index in [0.717, 1.165) is 36.8 Å². The van der Waals surface area contributed by atoms with E-state index < -0.39 is 5.41 Å². The topological polar surface area (TPSA) is 67.2 Å². The summed E-state index contributed by atoms with van der Waals surface area (Å²) in [5.41, 5.74) is 2.74. The number of benzene rings is 1. The molecule has 3 heterocycles. The van der Waals surface area contributed by atoms with Crippen LogP contribution in [0.1, 0.15) is 49.3 Å². The fraction of sp³-hybridized carbons (Fsp3) is 0.522. The molecule has 2 aliphatic rings. The van der Waals surface area contributed by atoms with Gasteiger partial charge in [0.05, 0.1) is 18.0 Å². The Kier molecular flexibility index (Phi) is 5.19. The smallest absolute Gasteiger partial charge is 0.228 e. The van der Waals surface area contributed by atoms with Gasteiger partial charge in [0.25, 0.3) is 0 Å². The highest BCUT2D eigenvalue weighted by atomic mass is 16.2. The molecule has 4 rings (SSSR count). The van der Waals surface area contributed by atoms with Crippen LogP contribution in [-0.4, -0.2) is 38.6 Å². The van der Waals surface area contributed by atoms with Crippen LogP contribution in [-0.2, 0) is 29.6 Å². The van der Waals surface area contributed by atoms with Crippen molar-refractivity contribution in [3.05, 3.63) is 53.3 Å². The molecule has 29 heavy (non-hydrogen) atoms. The van der Waals surface area contributed by atoms with Crippen molar-refractivity contribution >= 4 is 11.8 Å². The van der Waals surface area contributed by atoms with E-state index in [2.05, 4.69) is 17.3 Å². The molecule has 1 N–H and O–H groups in total. The van der Waals surface area contributed by atoms with Crippen molar-refractivity contribution in [1.29, 1.82) is 0 Å². The van der Waals surface area contributed by atoms with Crippen LogP contribution in [0.15, 0.2) is 36.7 Å². The molecule has 2 aliphatic heterocycles. The minimum atomic E-state index is -0.478. The third kappa shape index (κ3) is 3.56. The number of hydrogen-bond donors (Lipinski definition) is 1. The van der Waals surface area contributed by atoms with Crippen molar-refractivity contribution < 1.29 is 9.59 Å². The van der Waals surface area contributed by atoms with Crippen LogP contribution in [0.25, 0.3) is 0 Å². The maximum Gasteiger partial charge on any atom is 0.228 e. The maximum absolute atomic E-state index is 13.3. The van der Waals surface area contributed by atoms with Gasteiger partial charge in [0.2, 0.25) is 11.8 Å². The summed E-state index contributed by atoms with van der Waals surface area (Å²) in [4.78, 5) is 28.4. The predicted molar refractivity (Wildman–Crippen MR) is 111 cm³/mol. The van der Waals surface area contributed by atoms with Crippen LogP contribution in [0.5, 0.6) is 0 Å². The molecule has 6 nitrogen and oxygen atoms in total. The summed E-state index contributed by atoms with van der Waals surface area (Å²) in [6, 6.07) is 8.33. The lowest BCUT2D eigenvalue weighted by Gasteiger charge is -2.35. The Labute approximate surface area is 172 Å². The first-order valence-corrected chi connectivity index (χ1v) is 10.6. The molecule has 1 aromatic heterocycles. The number of carbonyl (C=O) groups excluding carboxylic acids is 2. The summed E-state index contributed by atoms with van der Waals surface area (Å²) in [5.74, 6) is 0.223. The van der Waals surface area contributed by atoms with Gasteiger partial charge >= 0.3 is 0 Å². The average Bonchev–Trinajstić information content (AvgIpc) is 3.41. The highest BCUT2D eigenvalue weighted by molar-refractivity contribution is 5.87. The van der Waals surface area contributed by atoms with Gasteiger partial charge in [0, 0.05) is 37.4 Å². The van der Waals surface area contributed by atoms with Crippen molar-refractivity contribution in [2.75, 3.05) is 0 Å². The zero-order valence-corrected chi connectivity index (χ0v) is 17.5. The third-order valence-corrected chi connectivity index (χ3v) is 6.80. The lowest BCUT2D eigenvalue weighted by molar-refractivity contribution is -0.136. The first kappa shape index (κ1) is 19.7. The molecule has 0 saturated carbocycles. The molecule has 2 bridgehead atoms. The molecule has 0 spiro atoms. The molecule has 2 fully saturated rings. The van der Waals surface area contributed by atoms with Gasteiger partial charge in [-0.05, 0) is 38.2 Å². The second kappa shape index (κ2) is 7.65. The third-order valence-electron chi connectivity index (χ3n) is 6.80. The molecule has 6 heteroatoms. The zero-order chi connectivity index (χ0) is 20.6. The molecular formula is C23H30N4O2. The standard InChI is InChI=1S/C23H30N4O2/c1-4-23(22(29)24-13-18-14-25-26(3)15-18)12-19-9-10-20(23)27(19)21(28)11-17-7-5-16(2)6-8-17/h5-8,14-15,19-20H,4,9-13H2,1-3H3,(H,24,29)/t19-,20+,23+/m0/s1. The maximum atomic E-state index is 13.3. The second-order valence-electron chi connectivity index (χ2n) is 8.63. The Hall–Kier alpha value is -2.63. The van der Waals surface area contributed by atoms with Gasteiger partial charge in [-0.3, -0.25) is 14.3 Å². The monoisotopic (exact) mass is 394 g/mol. The van der Waals surface area contributed by atoms with E-state index in [1.807, 2.05) is 49.3 Å². The number of rotatable bonds is 6. The molecule has 0 unspecified atom stereocenters. The average molecular weight is 395 g/mol. The lowest BCUT2D eigenvalue weighted by Crippen LogP contribution is -2.49. The Morgan fingerprint density at radius 2 is 1.97 bits per heavy atom. The minimum absolute atomic E-state index is 0.00402. The Morgan fingerprint density at radius 1 is 1.21 bits per heavy atom. The fourth-order valence-electron chi connectivity index (χ4n) is 5.24. The van der Waals surface area contributed by atoms with Gasteiger partial charge in [0.1, 0.15) is 0 Å². The van der Waals surface area contributed by atoms with Gasteiger partial charge < -0.3 is 10.2 Å². The van der Waals surface area contributed by atoms with E-state index in [0.29, 0.717) is 13.0 Å². The van der Waals surface area contributed by atoms with E-state index in [4.69, 9.17) is 0 Å². The Balaban J connectivity index is 1.47. The molecule has 3 atom stereocenters. The SMILES string of the molecule is CC[C@@]1(C(=O)NCc2cnn(C)c2)C[C@@H]2CC[C@H]1N2C(=O)Cc1ccc(C)cc1. The summed E-state index contributed by atoms with van der Waals surface area (Å²) in [7, 11) is 1.87. The van der Waals surface area contributed by atoms with Crippen LogP contribution < -0.4 is 5.32 Å². The largest absolute Gasteiger partial charge is 0.351 e. The summed E-state index contributed by atoms with van der Waals surface area (Å²) >= 11 is 0. The quantitative estimate of drug-likeness (QED) is 0.819. The predicted octanol–water partition coefficient (Wildman–Crippen LogP) is 2.75. The van der Waals surface area contributed by atoms with Crippen LogP contribution in [0.3, 0.4) is 0 Å². The summed E-state index contributed by atoms with van der Waals surface area (Å²) in [6.45, 7) is 4.60. The van der Waals surface area contributed by atoms with Crippen LogP contribution >= 0.6 is 0 Å². The summed E-state index contributed by atoms with van der Waals surface area (Å²) in [6.07, 6.45) is 7.53. The minimum Gasteiger partial charge on any atom is -0.351 e. The molecule has 154 valence electrons. The van der Waals surface area contributed by atoms with Gasteiger partial charge in [-0.2, -0.15) is 5.10 Å². The number of nitrogens with one attached hydrogen (secondary N) is 1. The lowest BCUT2D eigenvalue weighted by atomic mass is 9.71. The molecule has 2 amide bonds. The van der Waals surface area contributed by atoms with Crippen molar-refractivity contribution in [2.24, 2.45) is 12.5 Å². The van der Waals surface area contributed by atoms with E-state index in [-0.39, 0.29) is 23.9 Å². The summed E-state index contributed by atoms with van der Waals surface area (Å²) in [5, 5.41) is 7.28. The first-order valence-electron chi connectivity index (χ1n) is 10.6. The molecule has 0 aliphatic carbocycles. The zero-order valence-electron chi connectivity index (χ0n) is 17.5. The van der Waals surface area contributed by atoms with Crippen LogP contribution in [0, 0.1) is 12.3 Å². The normalized spacial score (nSPS) is 25.4. The molecule has 2 saturated heterocycles. The number of aromatic nitrogens is 2. The highest BCUT2D eigenvalue weighted by Crippen LogP contribution is 2.52. The van der Waals surface area contributed by atoms with E-state index in [1.54, 1.807) is 10.9 Å². The number of carbonyl (C=O) groups is 2. The van der Waals surface area contributed by atoms with E-state index in [1.165, 1.54) is 5.56 Å². The van der Waals surface area contributed by atoms with Gasteiger partial charge in [-0.25, -0.2) is 0 Å². The van der Waals surface area contributed by atoms with Gasteiger partial charge in [0.15, 0.2) is 0 Å². The fourth-order valence-corrected chi connectivity index (χ4v) is 5.24. The number of aryl methyl sites for hydroxylation is 2. The Bertz CT molecular complexity index is 904. The van der Waals surface area contributed by atoms with E-state index in [9.17, 15) is 9.59 Å². The van der Waals surface area contributed by atoms with Crippen molar-refractivity contribution in [3.8, 4) is 0 Å². The van der Waals surface area contributed by atoms with Crippen molar-refractivity contribution in [1.82, 2.24) is 20.0 Å². The first-order chi connectivity index (χ1) is 13.9. The number of hydrogen-bond acceptors (Lipinski definition) is 3. The van der Waals surface area contributed by atoms with E-state index >= 15 is 0 Å². The molecular weight excluding hydrogens is 364 g/mol. The molecule has 0 radical (unpaired) electrons. The second-order valence-corrected chi connectivity index (χ2v) is 8.63. The van der Waals surface area contributed by atoms with Crippen molar-refractivity contribution in [3.63, 3.8) is 0 Å². The van der Waals surface area contributed by atoms with Crippen LogP contribution in [0.4, 0.5) is 0 Å². The Morgan fingerprint density at radius 3 is 2.62 bits per heavy atom. The number of amides is 2. The van der Waals surface area contributed by atoms with Gasteiger partial charge in [-0.15, -0.1) is 0 Å². The summed E-state index contributed by atoms with van der Waals surface area (Å²) < 4.78 is 1.74. The molecule has 1 aromatic carbocycles. The van der Waals surface area contributed by atoms with Crippen LogP contribution in [0.2, 0.25) is 0 Å². The number of fused-ring (bicyclic) bond motifs is 2.